The first-order chi connectivity index (χ1) is 9.01. The number of rotatable bonds is 3. The van der Waals surface area contributed by atoms with Gasteiger partial charge in [0, 0.05) is 29.7 Å². The second kappa shape index (κ2) is 5.74. The SMILES string of the molecule is CCNC(=O)C1CN(C(=O)c2cc(C)cc(Br)c2)C1. The standard InChI is InChI=1S/C14H17BrN2O2/c1-3-16-13(18)11-7-17(8-11)14(19)10-4-9(2)5-12(15)6-10/h4-6,11H,3,7-8H2,1-2H3,(H,16,18). The molecule has 0 saturated carbocycles. The van der Waals surface area contributed by atoms with Crippen molar-refractivity contribution in [3.8, 4) is 0 Å². The van der Waals surface area contributed by atoms with Crippen molar-refractivity contribution in [2.45, 2.75) is 13.8 Å². The number of nitrogens with one attached hydrogen (secondary N) is 1. The fourth-order valence-corrected chi connectivity index (χ4v) is 2.78. The first kappa shape index (κ1) is 14.1. The van der Waals surface area contributed by atoms with Crippen molar-refractivity contribution in [1.29, 1.82) is 0 Å². The van der Waals surface area contributed by atoms with Crippen LogP contribution in [-0.4, -0.2) is 36.3 Å². The van der Waals surface area contributed by atoms with E-state index in [2.05, 4.69) is 21.2 Å². The molecule has 2 amide bonds. The molecule has 1 heterocycles. The zero-order valence-corrected chi connectivity index (χ0v) is 12.7. The average Bonchev–Trinajstić information content (AvgIpc) is 2.25. The van der Waals surface area contributed by atoms with Gasteiger partial charge in [0.25, 0.3) is 5.91 Å². The van der Waals surface area contributed by atoms with E-state index in [1.54, 1.807) is 4.90 Å². The predicted molar refractivity (Wildman–Crippen MR) is 77.0 cm³/mol. The van der Waals surface area contributed by atoms with Gasteiger partial charge in [-0.1, -0.05) is 15.9 Å². The van der Waals surface area contributed by atoms with Gasteiger partial charge in [-0.15, -0.1) is 0 Å². The Morgan fingerprint density at radius 3 is 2.63 bits per heavy atom. The van der Waals surface area contributed by atoms with Gasteiger partial charge in [-0.05, 0) is 37.6 Å². The molecule has 0 bridgehead atoms. The van der Waals surface area contributed by atoms with E-state index in [1.807, 2.05) is 32.0 Å². The maximum atomic E-state index is 12.2. The summed E-state index contributed by atoms with van der Waals surface area (Å²) in [4.78, 5) is 25.5. The number of benzene rings is 1. The number of carbonyl (C=O) groups excluding carboxylic acids is 2. The van der Waals surface area contributed by atoms with E-state index >= 15 is 0 Å². The fourth-order valence-electron chi connectivity index (χ4n) is 2.17. The molecule has 0 radical (unpaired) electrons. The van der Waals surface area contributed by atoms with Crippen LogP contribution in [0.5, 0.6) is 0 Å². The highest BCUT2D eigenvalue weighted by atomic mass is 79.9. The molecule has 5 heteroatoms. The zero-order chi connectivity index (χ0) is 14.0. The molecule has 0 spiro atoms. The Bertz CT molecular complexity index is 490. The molecule has 1 N–H and O–H groups in total. The van der Waals surface area contributed by atoms with E-state index in [4.69, 9.17) is 0 Å². The highest BCUT2D eigenvalue weighted by Crippen LogP contribution is 2.22. The Kier molecular flexibility index (Phi) is 4.24. The van der Waals surface area contributed by atoms with Gasteiger partial charge in [-0.25, -0.2) is 0 Å². The van der Waals surface area contributed by atoms with Gasteiger partial charge in [0.15, 0.2) is 0 Å². The third-order valence-electron chi connectivity index (χ3n) is 3.18. The Labute approximate surface area is 121 Å². The number of likely N-dealkylation sites (tertiary alicyclic amines) is 1. The number of nitrogens with zero attached hydrogens (tertiary/aromatic N) is 1. The van der Waals surface area contributed by atoms with E-state index in [0.717, 1.165) is 10.0 Å². The Hall–Kier alpha value is -1.36. The lowest BCUT2D eigenvalue weighted by atomic mass is 9.97. The maximum Gasteiger partial charge on any atom is 0.253 e. The van der Waals surface area contributed by atoms with E-state index in [1.165, 1.54) is 0 Å². The molecule has 0 aliphatic carbocycles. The molecule has 1 aromatic rings. The van der Waals surface area contributed by atoms with Crippen LogP contribution < -0.4 is 5.32 Å². The summed E-state index contributed by atoms with van der Waals surface area (Å²) in [5.74, 6) is -0.0286. The van der Waals surface area contributed by atoms with Gasteiger partial charge in [-0.2, -0.15) is 0 Å². The first-order valence-corrected chi connectivity index (χ1v) is 7.14. The molecular weight excluding hydrogens is 308 g/mol. The van der Waals surface area contributed by atoms with E-state index in [-0.39, 0.29) is 17.7 Å². The largest absolute Gasteiger partial charge is 0.356 e. The summed E-state index contributed by atoms with van der Waals surface area (Å²) in [5.41, 5.74) is 1.71. The van der Waals surface area contributed by atoms with E-state index in [9.17, 15) is 9.59 Å². The lowest BCUT2D eigenvalue weighted by Crippen LogP contribution is -2.55. The van der Waals surface area contributed by atoms with Crippen molar-refractivity contribution < 1.29 is 9.59 Å². The molecule has 1 saturated heterocycles. The summed E-state index contributed by atoms with van der Waals surface area (Å²) >= 11 is 3.39. The fraction of sp³-hybridized carbons (Fsp3) is 0.429. The van der Waals surface area contributed by atoms with Crippen molar-refractivity contribution in [3.05, 3.63) is 33.8 Å². The second-order valence-corrected chi connectivity index (χ2v) is 5.73. The normalized spacial score (nSPS) is 15.0. The van der Waals surface area contributed by atoms with Gasteiger partial charge in [0.05, 0.1) is 5.92 Å². The maximum absolute atomic E-state index is 12.2. The van der Waals surface area contributed by atoms with Crippen LogP contribution in [0.25, 0.3) is 0 Å². The van der Waals surface area contributed by atoms with Crippen LogP contribution in [0.2, 0.25) is 0 Å². The minimum Gasteiger partial charge on any atom is -0.356 e. The minimum absolute atomic E-state index is 0.00931. The summed E-state index contributed by atoms with van der Waals surface area (Å²) in [5, 5.41) is 2.78. The van der Waals surface area contributed by atoms with Crippen molar-refractivity contribution in [3.63, 3.8) is 0 Å². The molecule has 102 valence electrons. The lowest BCUT2D eigenvalue weighted by molar-refractivity contribution is -0.128. The molecule has 1 aromatic carbocycles. The highest BCUT2D eigenvalue weighted by molar-refractivity contribution is 9.10. The number of halogens is 1. The minimum atomic E-state index is -0.0582. The van der Waals surface area contributed by atoms with Gasteiger partial charge in [-0.3, -0.25) is 9.59 Å². The van der Waals surface area contributed by atoms with Gasteiger partial charge >= 0.3 is 0 Å². The van der Waals surface area contributed by atoms with Gasteiger partial charge in [0.1, 0.15) is 0 Å². The molecule has 1 aliphatic heterocycles. The Morgan fingerprint density at radius 1 is 1.37 bits per heavy atom. The van der Waals surface area contributed by atoms with Gasteiger partial charge in [0.2, 0.25) is 5.91 Å². The Morgan fingerprint density at radius 2 is 2.05 bits per heavy atom. The van der Waals surface area contributed by atoms with Crippen molar-refractivity contribution >= 4 is 27.7 Å². The van der Waals surface area contributed by atoms with Crippen molar-refractivity contribution in [2.24, 2.45) is 5.92 Å². The summed E-state index contributed by atoms with van der Waals surface area (Å²) in [7, 11) is 0. The number of carbonyl (C=O) groups is 2. The summed E-state index contributed by atoms with van der Waals surface area (Å²) in [6, 6.07) is 5.64. The van der Waals surface area contributed by atoms with Crippen molar-refractivity contribution in [2.75, 3.05) is 19.6 Å². The third kappa shape index (κ3) is 3.15. The topological polar surface area (TPSA) is 49.4 Å². The third-order valence-corrected chi connectivity index (χ3v) is 3.64. The lowest BCUT2D eigenvalue weighted by Gasteiger charge is -2.38. The Balaban J connectivity index is 1.98. The summed E-state index contributed by atoms with van der Waals surface area (Å²) < 4.78 is 0.900. The van der Waals surface area contributed by atoms with Crippen molar-refractivity contribution in [1.82, 2.24) is 10.2 Å². The zero-order valence-electron chi connectivity index (χ0n) is 11.1. The number of hydrogen-bond acceptors (Lipinski definition) is 2. The molecule has 19 heavy (non-hydrogen) atoms. The molecule has 0 aromatic heterocycles. The monoisotopic (exact) mass is 324 g/mol. The van der Waals surface area contributed by atoms with Crippen LogP contribution in [0.15, 0.2) is 22.7 Å². The number of hydrogen-bond donors (Lipinski definition) is 1. The van der Waals surface area contributed by atoms with Crippen LogP contribution in [0.4, 0.5) is 0 Å². The average molecular weight is 325 g/mol. The molecular formula is C14H17BrN2O2. The van der Waals surface area contributed by atoms with Crippen LogP contribution >= 0.6 is 15.9 Å². The molecule has 4 nitrogen and oxygen atoms in total. The molecule has 1 fully saturated rings. The number of aryl methyl sites for hydroxylation is 1. The van der Waals surface area contributed by atoms with Gasteiger partial charge < -0.3 is 10.2 Å². The van der Waals surface area contributed by atoms with Crippen LogP contribution in [0.3, 0.4) is 0 Å². The predicted octanol–water partition coefficient (Wildman–Crippen LogP) is 1.97. The van der Waals surface area contributed by atoms with Crippen LogP contribution in [-0.2, 0) is 4.79 Å². The summed E-state index contributed by atoms with van der Waals surface area (Å²) in [6.45, 7) is 5.50. The molecule has 1 aliphatic rings. The molecule has 0 atom stereocenters. The van der Waals surface area contributed by atoms with E-state index < -0.39 is 0 Å². The molecule has 0 unspecified atom stereocenters. The smallest absolute Gasteiger partial charge is 0.253 e. The summed E-state index contributed by atoms with van der Waals surface area (Å²) in [6.07, 6.45) is 0. The first-order valence-electron chi connectivity index (χ1n) is 6.35. The second-order valence-electron chi connectivity index (χ2n) is 4.82. The number of amides is 2. The van der Waals surface area contributed by atoms with Crippen LogP contribution in [0, 0.1) is 12.8 Å². The highest BCUT2D eigenvalue weighted by Gasteiger charge is 2.35. The van der Waals surface area contributed by atoms with Crippen LogP contribution in [0.1, 0.15) is 22.8 Å². The quantitative estimate of drug-likeness (QED) is 0.924. The van der Waals surface area contributed by atoms with E-state index in [0.29, 0.717) is 25.2 Å². The molecule has 2 rings (SSSR count).